The van der Waals surface area contributed by atoms with Crippen LogP contribution in [0.2, 0.25) is 0 Å². The van der Waals surface area contributed by atoms with Crippen molar-refractivity contribution in [3.8, 4) is 5.88 Å². The lowest BCUT2D eigenvalue weighted by Crippen LogP contribution is -2.37. The molecule has 2 fully saturated rings. The highest BCUT2D eigenvalue weighted by Crippen LogP contribution is 2.59. The van der Waals surface area contributed by atoms with E-state index in [-0.39, 0.29) is 13.1 Å². The summed E-state index contributed by atoms with van der Waals surface area (Å²) in [6.45, 7) is 4.32. The van der Waals surface area contributed by atoms with Crippen molar-refractivity contribution >= 4 is 11.7 Å². The van der Waals surface area contributed by atoms with Crippen molar-refractivity contribution in [3.63, 3.8) is 0 Å². The quantitative estimate of drug-likeness (QED) is 0.927. The molecule has 2 amide bonds. The number of hydrogen-bond donors (Lipinski definition) is 1. The van der Waals surface area contributed by atoms with E-state index in [9.17, 15) is 18.0 Å². The van der Waals surface area contributed by atoms with Crippen LogP contribution in [0.15, 0.2) is 12.3 Å². The minimum atomic E-state index is -4.15. The van der Waals surface area contributed by atoms with E-state index in [1.165, 1.54) is 4.90 Å². The van der Waals surface area contributed by atoms with Crippen molar-refractivity contribution < 1.29 is 22.7 Å². The van der Waals surface area contributed by atoms with Crippen molar-refractivity contribution in [2.75, 3.05) is 25.0 Å². The minimum absolute atomic E-state index is 0.143. The zero-order valence-corrected chi connectivity index (χ0v) is 12.9. The van der Waals surface area contributed by atoms with Gasteiger partial charge >= 0.3 is 12.2 Å². The summed E-state index contributed by atoms with van der Waals surface area (Å²) in [6, 6.07) is 1.32. The summed E-state index contributed by atoms with van der Waals surface area (Å²) in [5.74, 6) is -1.85. The van der Waals surface area contributed by atoms with E-state index in [4.69, 9.17) is 4.74 Å². The van der Waals surface area contributed by atoms with Gasteiger partial charge in [-0.3, -0.25) is 0 Å². The van der Waals surface area contributed by atoms with Crippen molar-refractivity contribution in [2.24, 2.45) is 17.8 Å². The molecule has 0 bridgehead atoms. The SMILES string of the molecule is CCOc1ncc(C)cc1NC(=O)N1C[C@@H]2C(C(F)(F)F)[C@@H]2C1. The maximum Gasteiger partial charge on any atom is 0.392 e. The molecule has 1 aliphatic heterocycles. The Kier molecular flexibility index (Phi) is 3.85. The maximum atomic E-state index is 12.7. The lowest BCUT2D eigenvalue weighted by atomic mass is 10.2. The minimum Gasteiger partial charge on any atom is -0.476 e. The number of halogens is 3. The van der Waals surface area contributed by atoms with E-state index in [2.05, 4.69) is 10.3 Å². The standard InChI is InChI=1S/C15H18F3N3O2/c1-3-23-13-11(4-8(2)5-19-13)20-14(22)21-6-9-10(7-21)12(9)15(16,17)18/h4-5,9-10,12H,3,6-7H2,1-2H3,(H,20,22)/t9-,10+,12?. The van der Waals surface area contributed by atoms with Crippen LogP contribution in [0.25, 0.3) is 0 Å². The summed E-state index contributed by atoms with van der Waals surface area (Å²) in [4.78, 5) is 17.8. The van der Waals surface area contributed by atoms with Gasteiger partial charge in [0.1, 0.15) is 5.69 Å². The predicted molar refractivity (Wildman–Crippen MR) is 77.3 cm³/mol. The van der Waals surface area contributed by atoms with Crippen molar-refractivity contribution in [1.82, 2.24) is 9.88 Å². The van der Waals surface area contributed by atoms with Gasteiger partial charge in [-0.25, -0.2) is 9.78 Å². The number of aromatic nitrogens is 1. The number of aryl methyl sites for hydroxylation is 1. The van der Waals surface area contributed by atoms with Gasteiger partial charge in [0.25, 0.3) is 0 Å². The number of nitrogens with one attached hydrogen (secondary N) is 1. The molecule has 1 aromatic heterocycles. The molecule has 3 rings (SSSR count). The van der Waals surface area contributed by atoms with Gasteiger partial charge < -0.3 is 15.0 Å². The topological polar surface area (TPSA) is 54.5 Å². The molecule has 5 nitrogen and oxygen atoms in total. The monoisotopic (exact) mass is 329 g/mol. The Labute approximate surface area is 131 Å². The molecule has 1 unspecified atom stereocenters. The Hall–Kier alpha value is -1.99. The Balaban J connectivity index is 1.63. The van der Waals surface area contributed by atoms with Crippen LogP contribution >= 0.6 is 0 Å². The van der Waals surface area contributed by atoms with E-state index in [1.807, 2.05) is 6.92 Å². The molecule has 1 saturated heterocycles. The Morgan fingerprint density at radius 3 is 2.65 bits per heavy atom. The van der Waals surface area contributed by atoms with Gasteiger partial charge in [-0.2, -0.15) is 13.2 Å². The van der Waals surface area contributed by atoms with Gasteiger partial charge in [0.15, 0.2) is 0 Å². The lowest BCUT2D eigenvalue weighted by molar-refractivity contribution is -0.156. The summed E-state index contributed by atoms with van der Waals surface area (Å²) in [7, 11) is 0. The van der Waals surface area contributed by atoms with Crippen LogP contribution in [0, 0.1) is 24.7 Å². The number of amides is 2. The number of anilines is 1. The number of fused-ring (bicyclic) bond motifs is 1. The van der Waals surface area contributed by atoms with Crippen LogP contribution in [0.4, 0.5) is 23.7 Å². The predicted octanol–water partition coefficient (Wildman–Crippen LogP) is 3.06. The van der Waals surface area contributed by atoms with Crippen LogP contribution in [0.3, 0.4) is 0 Å². The fourth-order valence-corrected chi connectivity index (χ4v) is 3.27. The zero-order valence-electron chi connectivity index (χ0n) is 12.9. The molecule has 1 N–H and O–H groups in total. The molecular weight excluding hydrogens is 311 g/mol. The smallest absolute Gasteiger partial charge is 0.392 e. The second kappa shape index (κ2) is 5.58. The number of alkyl halides is 3. The van der Waals surface area contributed by atoms with Crippen molar-refractivity contribution in [3.05, 3.63) is 17.8 Å². The third-order valence-electron chi connectivity index (χ3n) is 4.37. The number of carbonyl (C=O) groups is 1. The Morgan fingerprint density at radius 2 is 2.09 bits per heavy atom. The summed E-state index contributed by atoms with van der Waals surface area (Å²) >= 11 is 0. The van der Waals surface area contributed by atoms with Crippen LogP contribution in [-0.4, -0.2) is 41.8 Å². The molecule has 3 atom stereocenters. The molecule has 1 saturated carbocycles. The van der Waals surface area contributed by atoms with E-state index in [0.29, 0.717) is 18.2 Å². The molecule has 0 aromatic carbocycles. The fraction of sp³-hybridized carbons (Fsp3) is 0.600. The third kappa shape index (κ3) is 3.07. The average Bonchev–Trinajstić information content (AvgIpc) is 2.99. The molecule has 1 aliphatic carbocycles. The number of piperidine rings is 1. The molecule has 1 aromatic rings. The average molecular weight is 329 g/mol. The number of carbonyl (C=O) groups excluding carboxylic acids is 1. The number of pyridine rings is 1. The van der Waals surface area contributed by atoms with E-state index >= 15 is 0 Å². The number of likely N-dealkylation sites (tertiary alicyclic amines) is 1. The molecule has 8 heteroatoms. The first kappa shape index (κ1) is 15.9. The normalized spacial score (nSPS) is 26.0. The van der Waals surface area contributed by atoms with Crippen LogP contribution in [-0.2, 0) is 0 Å². The second-order valence-corrected chi connectivity index (χ2v) is 6.03. The van der Waals surface area contributed by atoms with Crippen LogP contribution in [0.1, 0.15) is 12.5 Å². The van der Waals surface area contributed by atoms with Gasteiger partial charge in [0.2, 0.25) is 5.88 Å². The van der Waals surface area contributed by atoms with Crippen LogP contribution < -0.4 is 10.1 Å². The molecule has 23 heavy (non-hydrogen) atoms. The summed E-state index contributed by atoms with van der Waals surface area (Å²) in [6.07, 6.45) is -2.53. The lowest BCUT2D eigenvalue weighted by Gasteiger charge is -2.22. The van der Waals surface area contributed by atoms with Gasteiger partial charge in [-0.05, 0) is 37.3 Å². The van der Waals surface area contributed by atoms with Gasteiger partial charge in [0.05, 0.1) is 12.5 Å². The van der Waals surface area contributed by atoms with Gasteiger partial charge in [-0.15, -0.1) is 0 Å². The second-order valence-electron chi connectivity index (χ2n) is 6.03. The summed E-state index contributed by atoms with van der Waals surface area (Å²) < 4.78 is 43.4. The first-order valence-corrected chi connectivity index (χ1v) is 7.53. The molecular formula is C15H18F3N3O2. The molecule has 2 heterocycles. The van der Waals surface area contributed by atoms with Crippen LogP contribution in [0.5, 0.6) is 5.88 Å². The highest BCUT2D eigenvalue weighted by atomic mass is 19.4. The van der Waals surface area contributed by atoms with E-state index in [1.54, 1.807) is 19.2 Å². The number of rotatable bonds is 3. The van der Waals surface area contributed by atoms with Gasteiger partial charge in [-0.1, -0.05) is 0 Å². The number of ether oxygens (including phenoxy) is 1. The van der Waals surface area contributed by atoms with E-state index < -0.39 is 30.0 Å². The molecule has 0 spiro atoms. The molecule has 126 valence electrons. The highest BCUT2D eigenvalue weighted by Gasteiger charge is 2.67. The van der Waals surface area contributed by atoms with E-state index in [0.717, 1.165) is 5.56 Å². The number of urea groups is 1. The summed E-state index contributed by atoms with van der Waals surface area (Å²) in [5.41, 5.74) is 1.29. The number of hydrogen-bond acceptors (Lipinski definition) is 3. The third-order valence-corrected chi connectivity index (χ3v) is 4.37. The van der Waals surface area contributed by atoms with Gasteiger partial charge in [0, 0.05) is 19.3 Å². The molecule has 0 radical (unpaired) electrons. The fourth-order valence-electron chi connectivity index (χ4n) is 3.27. The van der Waals surface area contributed by atoms with Crippen molar-refractivity contribution in [2.45, 2.75) is 20.0 Å². The largest absolute Gasteiger partial charge is 0.476 e. The Morgan fingerprint density at radius 1 is 1.43 bits per heavy atom. The first-order valence-electron chi connectivity index (χ1n) is 7.53. The highest BCUT2D eigenvalue weighted by molar-refractivity contribution is 5.91. The summed E-state index contributed by atoms with van der Waals surface area (Å²) in [5, 5.41) is 2.69. The first-order chi connectivity index (χ1) is 10.8. The zero-order chi connectivity index (χ0) is 16.8. The maximum absolute atomic E-state index is 12.7. The van der Waals surface area contributed by atoms with Crippen molar-refractivity contribution in [1.29, 1.82) is 0 Å². The molecule has 2 aliphatic rings. The Bertz CT molecular complexity index is 608. The number of nitrogens with zero attached hydrogens (tertiary/aromatic N) is 2.